The minimum atomic E-state index is 1.20. The van der Waals surface area contributed by atoms with Crippen molar-refractivity contribution in [2.75, 3.05) is 0 Å². The number of rotatable bonds is 12. The van der Waals surface area contributed by atoms with Gasteiger partial charge in [0, 0.05) is 0 Å². The fourth-order valence-corrected chi connectivity index (χ4v) is 5.14. The first-order chi connectivity index (χ1) is 15.8. The molecule has 0 heterocycles. The second-order valence-electron chi connectivity index (χ2n) is 9.67. The quantitative estimate of drug-likeness (QED) is 0.157. The smallest absolute Gasteiger partial charge is 0.00989 e. The van der Waals surface area contributed by atoms with Crippen molar-refractivity contribution in [3.8, 4) is 0 Å². The molecule has 0 spiro atoms. The van der Waals surface area contributed by atoms with E-state index in [1.165, 1.54) is 120 Å². The summed E-state index contributed by atoms with van der Waals surface area (Å²) in [6.07, 6.45) is 15.8. The number of unbranched alkanes of at least 4 members (excludes halogenated alkanes) is 8. The Labute approximate surface area is 195 Å². The van der Waals surface area contributed by atoms with Crippen LogP contribution in [0.3, 0.4) is 0 Å². The van der Waals surface area contributed by atoms with Crippen LogP contribution < -0.4 is 0 Å². The summed E-state index contributed by atoms with van der Waals surface area (Å²) in [6.45, 7) is 4.57. The van der Waals surface area contributed by atoms with Gasteiger partial charge in [0.2, 0.25) is 0 Å². The van der Waals surface area contributed by atoms with Crippen LogP contribution in [0.1, 0.15) is 89.2 Å². The van der Waals surface area contributed by atoms with Crippen LogP contribution in [0.2, 0.25) is 0 Å². The average Bonchev–Trinajstić information content (AvgIpc) is 2.83. The molecular weight excluding hydrogens is 384 g/mol. The molecule has 0 saturated carbocycles. The molecule has 0 radical (unpaired) electrons. The summed E-state index contributed by atoms with van der Waals surface area (Å²) in [5.74, 6) is 0. The third-order valence-corrected chi connectivity index (χ3v) is 7.10. The standard InChI is InChI=1S/C32H40/c1-3-5-7-9-11-13-25-15-17-27-19-22-30-29(31(27)23-25)21-20-28-18-16-26(24-32(28)30)14-12-10-8-6-4-2/h15-24H,3-14H2,1-2H3. The molecule has 0 aliphatic heterocycles. The van der Waals surface area contributed by atoms with Gasteiger partial charge < -0.3 is 0 Å². The van der Waals surface area contributed by atoms with Crippen molar-refractivity contribution in [3.05, 3.63) is 71.8 Å². The number of benzene rings is 4. The van der Waals surface area contributed by atoms with E-state index in [1.54, 1.807) is 0 Å². The summed E-state index contributed by atoms with van der Waals surface area (Å²) >= 11 is 0. The molecule has 0 bridgehead atoms. The van der Waals surface area contributed by atoms with Gasteiger partial charge in [0.15, 0.2) is 0 Å². The van der Waals surface area contributed by atoms with Crippen molar-refractivity contribution in [3.63, 3.8) is 0 Å². The van der Waals surface area contributed by atoms with Crippen molar-refractivity contribution in [1.29, 1.82) is 0 Å². The Hall–Kier alpha value is -2.34. The molecule has 0 aliphatic rings. The van der Waals surface area contributed by atoms with Crippen LogP contribution in [-0.4, -0.2) is 0 Å². The molecule has 0 heteroatoms. The maximum atomic E-state index is 2.46. The van der Waals surface area contributed by atoms with Crippen LogP contribution in [0.5, 0.6) is 0 Å². The lowest BCUT2D eigenvalue weighted by Crippen LogP contribution is -1.89. The number of fused-ring (bicyclic) bond motifs is 5. The zero-order chi connectivity index (χ0) is 22.2. The molecule has 168 valence electrons. The van der Waals surface area contributed by atoms with E-state index in [1.807, 2.05) is 0 Å². The van der Waals surface area contributed by atoms with Crippen molar-refractivity contribution >= 4 is 32.3 Å². The van der Waals surface area contributed by atoms with E-state index in [4.69, 9.17) is 0 Å². The van der Waals surface area contributed by atoms with Gasteiger partial charge >= 0.3 is 0 Å². The minimum absolute atomic E-state index is 1.20. The Morgan fingerprint density at radius 2 is 0.812 bits per heavy atom. The number of hydrogen-bond donors (Lipinski definition) is 0. The third-order valence-electron chi connectivity index (χ3n) is 7.10. The first kappa shape index (κ1) is 22.8. The largest absolute Gasteiger partial charge is 0.0654 e. The highest BCUT2D eigenvalue weighted by Crippen LogP contribution is 2.33. The molecule has 0 aromatic heterocycles. The summed E-state index contributed by atoms with van der Waals surface area (Å²) in [5.41, 5.74) is 2.98. The minimum Gasteiger partial charge on any atom is -0.0654 e. The molecular formula is C32H40. The zero-order valence-electron chi connectivity index (χ0n) is 20.3. The molecule has 4 rings (SSSR count). The van der Waals surface area contributed by atoms with Gasteiger partial charge in [0.05, 0.1) is 0 Å². The monoisotopic (exact) mass is 424 g/mol. The maximum absolute atomic E-state index is 2.46. The van der Waals surface area contributed by atoms with Crippen molar-refractivity contribution in [2.45, 2.75) is 90.9 Å². The van der Waals surface area contributed by atoms with Gasteiger partial charge in [-0.3, -0.25) is 0 Å². The van der Waals surface area contributed by atoms with Crippen LogP contribution in [0.25, 0.3) is 32.3 Å². The van der Waals surface area contributed by atoms with Gasteiger partial charge in [0.1, 0.15) is 0 Å². The molecule has 4 aromatic rings. The van der Waals surface area contributed by atoms with Gasteiger partial charge in [0.25, 0.3) is 0 Å². The van der Waals surface area contributed by atoms with Crippen LogP contribution in [-0.2, 0) is 12.8 Å². The first-order valence-corrected chi connectivity index (χ1v) is 13.2. The van der Waals surface area contributed by atoms with Gasteiger partial charge in [-0.25, -0.2) is 0 Å². The van der Waals surface area contributed by atoms with Crippen molar-refractivity contribution in [1.82, 2.24) is 0 Å². The molecule has 4 aromatic carbocycles. The number of hydrogen-bond acceptors (Lipinski definition) is 0. The lowest BCUT2D eigenvalue weighted by Gasteiger charge is -2.11. The van der Waals surface area contributed by atoms with Gasteiger partial charge in [-0.1, -0.05) is 126 Å². The van der Waals surface area contributed by atoms with E-state index in [-0.39, 0.29) is 0 Å². The summed E-state index contributed by atoms with van der Waals surface area (Å²) in [7, 11) is 0. The molecule has 32 heavy (non-hydrogen) atoms. The second-order valence-corrected chi connectivity index (χ2v) is 9.67. The van der Waals surface area contributed by atoms with Crippen molar-refractivity contribution in [2.24, 2.45) is 0 Å². The molecule has 0 nitrogen and oxygen atoms in total. The summed E-state index contributed by atoms with van der Waals surface area (Å²) < 4.78 is 0. The van der Waals surface area contributed by atoms with E-state index in [0.717, 1.165) is 0 Å². The van der Waals surface area contributed by atoms with E-state index < -0.39 is 0 Å². The normalized spacial score (nSPS) is 11.7. The predicted octanol–water partition coefficient (Wildman–Crippen LogP) is 10.2. The molecule has 0 saturated heterocycles. The van der Waals surface area contributed by atoms with E-state index >= 15 is 0 Å². The van der Waals surface area contributed by atoms with Gasteiger partial charge in [-0.2, -0.15) is 0 Å². The topological polar surface area (TPSA) is 0 Å². The lowest BCUT2D eigenvalue weighted by atomic mass is 9.93. The SMILES string of the molecule is CCCCCCCc1ccc2ccc3c4cc(CCCCCCC)ccc4ccc3c2c1. The Bertz CT molecular complexity index is 1060. The molecule has 0 aliphatic carbocycles. The van der Waals surface area contributed by atoms with Crippen LogP contribution in [0, 0.1) is 0 Å². The zero-order valence-corrected chi connectivity index (χ0v) is 20.3. The Morgan fingerprint density at radius 1 is 0.406 bits per heavy atom. The molecule has 0 fully saturated rings. The molecule has 0 N–H and O–H groups in total. The predicted molar refractivity (Wildman–Crippen MR) is 144 cm³/mol. The Kier molecular flexibility index (Phi) is 8.21. The van der Waals surface area contributed by atoms with E-state index in [0.29, 0.717) is 0 Å². The van der Waals surface area contributed by atoms with Gasteiger partial charge in [-0.05, 0) is 69.1 Å². The van der Waals surface area contributed by atoms with Gasteiger partial charge in [-0.15, -0.1) is 0 Å². The van der Waals surface area contributed by atoms with Crippen LogP contribution >= 0.6 is 0 Å². The Balaban J connectivity index is 1.60. The van der Waals surface area contributed by atoms with E-state index in [9.17, 15) is 0 Å². The second kappa shape index (κ2) is 11.5. The lowest BCUT2D eigenvalue weighted by molar-refractivity contribution is 0.632. The first-order valence-electron chi connectivity index (χ1n) is 13.2. The highest BCUT2D eigenvalue weighted by molar-refractivity contribution is 6.17. The number of aryl methyl sites for hydroxylation is 2. The molecule has 0 atom stereocenters. The maximum Gasteiger partial charge on any atom is -0.00989 e. The van der Waals surface area contributed by atoms with Crippen LogP contribution in [0.15, 0.2) is 60.7 Å². The highest BCUT2D eigenvalue weighted by Gasteiger charge is 2.07. The van der Waals surface area contributed by atoms with Crippen LogP contribution in [0.4, 0.5) is 0 Å². The summed E-state index contributed by atoms with van der Waals surface area (Å²) in [6, 6.07) is 23.6. The highest BCUT2D eigenvalue weighted by atomic mass is 14.1. The average molecular weight is 425 g/mol. The fraction of sp³-hybridized carbons (Fsp3) is 0.438. The Morgan fingerprint density at radius 3 is 1.25 bits per heavy atom. The van der Waals surface area contributed by atoms with E-state index in [2.05, 4.69) is 74.5 Å². The molecule has 0 amide bonds. The fourth-order valence-electron chi connectivity index (χ4n) is 5.14. The third kappa shape index (κ3) is 5.52. The summed E-state index contributed by atoms with van der Waals surface area (Å²) in [4.78, 5) is 0. The van der Waals surface area contributed by atoms with Crippen molar-refractivity contribution < 1.29 is 0 Å². The molecule has 0 unspecified atom stereocenters. The summed E-state index contributed by atoms with van der Waals surface area (Å²) in [5, 5.41) is 8.36.